The van der Waals surface area contributed by atoms with Gasteiger partial charge in [0.25, 0.3) is 5.56 Å². The molecule has 0 saturated carbocycles. The van der Waals surface area contributed by atoms with Gasteiger partial charge in [-0.3, -0.25) is 9.36 Å². The second-order valence-electron chi connectivity index (χ2n) is 9.07. The summed E-state index contributed by atoms with van der Waals surface area (Å²) >= 11 is 6.27. The van der Waals surface area contributed by atoms with Gasteiger partial charge >= 0.3 is 11.7 Å². The van der Waals surface area contributed by atoms with Crippen LogP contribution in [0.2, 0.25) is 5.02 Å². The van der Waals surface area contributed by atoms with Crippen molar-refractivity contribution in [2.24, 2.45) is 0 Å². The molecular formula is C32H25ClN2O5. The molecule has 5 rings (SSSR count). The molecule has 1 heterocycles. The Balaban J connectivity index is 1.53. The molecule has 0 spiro atoms. The predicted octanol–water partition coefficient (Wildman–Crippen LogP) is 5.79. The molecule has 0 radical (unpaired) electrons. The van der Waals surface area contributed by atoms with Crippen LogP contribution in [0.25, 0.3) is 10.9 Å². The third-order valence-electron chi connectivity index (χ3n) is 6.53. The number of hydrogen-bond acceptors (Lipinski definition) is 4. The molecule has 200 valence electrons. The standard InChI is InChI=1S/C32H25ClN2O5/c33-25-15-18-27-28(21-25)34(19-7-8-20-40-26-16-13-24(14-17-26)31(37)38)32(39)35(30(27)36)29(22-9-3-1-4-10-22)23-11-5-2-6-12-23/h1-18,21,29H,19-20H2,(H,37,38)/b8-7-. The maximum atomic E-state index is 14.0. The molecule has 0 amide bonds. The number of benzene rings is 4. The van der Waals surface area contributed by atoms with Crippen LogP contribution in [0, 0.1) is 0 Å². The van der Waals surface area contributed by atoms with Crippen molar-refractivity contribution in [2.45, 2.75) is 12.6 Å². The molecule has 0 aliphatic rings. The van der Waals surface area contributed by atoms with Crippen LogP contribution < -0.4 is 16.0 Å². The zero-order chi connectivity index (χ0) is 28.1. The number of carbonyl (C=O) groups is 1. The Labute approximate surface area is 234 Å². The number of allylic oxidation sites excluding steroid dienone is 1. The fourth-order valence-electron chi connectivity index (χ4n) is 4.61. The third-order valence-corrected chi connectivity index (χ3v) is 6.76. The highest BCUT2D eigenvalue weighted by atomic mass is 35.5. The van der Waals surface area contributed by atoms with Gasteiger partial charge in [-0.05, 0) is 59.7 Å². The van der Waals surface area contributed by atoms with E-state index in [1.807, 2.05) is 60.7 Å². The second-order valence-corrected chi connectivity index (χ2v) is 9.50. The predicted molar refractivity (Wildman–Crippen MR) is 156 cm³/mol. The Morgan fingerprint density at radius 2 is 1.48 bits per heavy atom. The normalized spacial score (nSPS) is 11.3. The fraction of sp³-hybridized carbons (Fsp3) is 0.0938. The number of aromatic nitrogens is 2. The molecule has 1 aromatic heterocycles. The van der Waals surface area contributed by atoms with E-state index in [0.717, 1.165) is 11.1 Å². The summed E-state index contributed by atoms with van der Waals surface area (Å²) in [5, 5.41) is 9.83. The second kappa shape index (κ2) is 11.9. The molecule has 8 heteroatoms. The van der Waals surface area contributed by atoms with Crippen molar-refractivity contribution >= 4 is 28.5 Å². The Kier molecular flexibility index (Phi) is 7.94. The van der Waals surface area contributed by atoms with E-state index < -0.39 is 23.3 Å². The molecule has 0 saturated heterocycles. The van der Waals surface area contributed by atoms with E-state index in [4.69, 9.17) is 21.4 Å². The van der Waals surface area contributed by atoms with Crippen LogP contribution in [0.3, 0.4) is 0 Å². The molecule has 0 aliphatic carbocycles. The van der Waals surface area contributed by atoms with Gasteiger partial charge in [0.2, 0.25) is 0 Å². The van der Waals surface area contributed by atoms with Crippen LogP contribution in [-0.2, 0) is 6.54 Å². The molecule has 0 bridgehead atoms. The quantitative estimate of drug-likeness (QED) is 0.234. The lowest BCUT2D eigenvalue weighted by Gasteiger charge is -2.22. The van der Waals surface area contributed by atoms with Crippen LogP contribution in [0.5, 0.6) is 5.75 Å². The smallest absolute Gasteiger partial charge is 0.335 e. The number of hydrogen-bond donors (Lipinski definition) is 1. The summed E-state index contributed by atoms with van der Waals surface area (Å²) in [5.74, 6) is -0.488. The number of ether oxygens (including phenoxy) is 1. The highest BCUT2D eigenvalue weighted by Gasteiger charge is 2.23. The van der Waals surface area contributed by atoms with Gasteiger partial charge in [0.15, 0.2) is 0 Å². The Bertz CT molecular complexity index is 1750. The van der Waals surface area contributed by atoms with Crippen molar-refractivity contribution in [2.75, 3.05) is 6.61 Å². The maximum Gasteiger partial charge on any atom is 0.335 e. The van der Waals surface area contributed by atoms with Crippen molar-refractivity contribution in [3.05, 3.63) is 158 Å². The molecule has 4 aromatic carbocycles. The lowest BCUT2D eigenvalue weighted by Crippen LogP contribution is -2.43. The third kappa shape index (κ3) is 5.60. The minimum absolute atomic E-state index is 0.173. The molecule has 0 unspecified atom stereocenters. The van der Waals surface area contributed by atoms with E-state index in [1.165, 1.54) is 21.3 Å². The average Bonchev–Trinajstić information content (AvgIpc) is 2.97. The van der Waals surface area contributed by atoms with Crippen LogP contribution in [0.4, 0.5) is 0 Å². The molecule has 0 atom stereocenters. The monoisotopic (exact) mass is 552 g/mol. The maximum absolute atomic E-state index is 14.0. The summed E-state index contributed by atoms with van der Waals surface area (Å²) in [6, 6.07) is 29.3. The number of fused-ring (bicyclic) bond motifs is 1. The van der Waals surface area contributed by atoms with Crippen LogP contribution in [0.15, 0.2) is 125 Å². The van der Waals surface area contributed by atoms with Crippen molar-refractivity contribution < 1.29 is 14.6 Å². The van der Waals surface area contributed by atoms with E-state index in [0.29, 0.717) is 21.7 Å². The zero-order valence-corrected chi connectivity index (χ0v) is 22.1. The van der Waals surface area contributed by atoms with Gasteiger partial charge in [-0.2, -0.15) is 0 Å². The van der Waals surface area contributed by atoms with Crippen molar-refractivity contribution in [3.8, 4) is 5.75 Å². The highest BCUT2D eigenvalue weighted by Crippen LogP contribution is 2.25. The summed E-state index contributed by atoms with van der Waals surface area (Å²) in [4.78, 5) is 38.9. The van der Waals surface area contributed by atoms with E-state index in [9.17, 15) is 14.4 Å². The minimum atomic E-state index is -1.01. The largest absolute Gasteiger partial charge is 0.490 e. The van der Waals surface area contributed by atoms with E-state index in [-0.39, 0.29) is 18.7 Å². The highest BCUT2D eigenvalue weighted by molar-refractivity contribution is 6.31. The van der Waals surface area contributed by atoms with Gasteiger partial charge in [0, 0.05) is 11.6 Å². The first-order valence-corrected chi connectivity index (χ1v) is 13.0. The van der Waals surface area contributed by atoms with Gasteiger partial charge < -0.3 is 9.84 Å². The number of aromatic carboxylic acids is 1. The number of rotatable bonds is 9. The van der Waals surface area contributed by atoms with Gasteiger partial charge in [0.05, 0.1) is 22.5 Å². The van der Waals surface area contributed by atoms with Crippen molar-refractivity contribution in [3.63, 3.8) is 0 Å². The molecule has 0 fully saturated rings. The molecule has 0 aliphatic heterocycles. The fourth-order valence-corrected chi connectivity index (χ4v) is 4.78. The number of halogens is 1. The van der Waals surface area contributed by atoms with E-state index in [2.05, 4.69) is 0 Å². The Morgan fingerprint density at radius 1 is 0.850 bits per heavy atom. The first kappa shape index (κ1) is 26.7. The molecular weight excluding hydrogens is 528 g/mol. The lowest BCUT2D eigenvalue weighted by molar-refractivity contribution is 0.0697. The van der Waals surface area contributed by atoms with Gasteiger partial charge in [-0.25, -0.2) is 14.2 Å². The summed E-state index contributed by atoms with van der Waals surface area (Å²) < 4.78 is 8.50. The summed E-state index contributed by atoms with van der Waals surface area (Å²) in [6.45, 7) is 0.379. The first-order valence-electron chi connectivity index (χ1n) is 12.6. The summed E-state index contributed by atoms with van der Waals surface area (Å²) in [6.07, 6.45) is 3.54. The molecule has 1 N–H and O–H groups in total. The molecule has 40 heavy (non-hydrogen) atoms. The minimum Gasteiger partial charge on any atom is -0.490 e. The van der Waals surface area contributed by atoms with Crippen LogP contribution in [-0.4, -0.2) is 26.8 Å². The zero-order valence-electron chi connectivity index (χ0n) is 21.3. The van der Waals surface area contributed by atoms with Crippen LogP contribution >= 0.6 is 11.6 Å². The van der Waals surface area contributed by atoms with Gasteiger partial charge in [-0.1, -0.05) is 78.3 Å². The molecule has 5 aromatic rings. The Hall–Kier alpha value is -4.88. The average molecular weight is 553 g/mol. The summed E-state index contributed by atoms with van der Waals surface area (Å²) in [5.41, 5.74) is 1.37. The number of carboxylic acid groups (broad SMARTS) is 1. The van der Waals surface area contributed by atoms with Crippen molar-refractivity contribution in [1.82, 2.24) is 9.13 Å². The Morgan fingerprint density at radius 3 is 2.08 bits per heavy atom. The number of carboxylic acids is 1. The van der Waals surface area contributed by atoms with E-state index >= 15 is 0 Å². The topological polar surface area (TPSA) is 90.5 Å². The first-order chi connectivity index (χ1) is 19.4. The van der Waals surface area contributed by atoms with Crippen molar-refractivity contribution in [1.29, 1.82) is 0 Å². The lowest BCUT2D eigenvalue weighted by atomic mass is 9.98. The van der Waals surface area contributed by atoms with Crippen LogP contribution in [0.1, 0.15) is 27.5 Å². The van der Waals surface area contributed by atoms with Gasteiger partial charge in [0.1, 0.15) is 12.4 Å². The summed E-state index contributed by atoms with van der Waals surface area (Å²) in [7, 11) is 0. The SMILES string of the molecule is O=C(O)c1ccc(OC/C=C\Cn2c(=O)n(C(c3ccccc3)c3ccccc3)c(=O)c3ccc(Cl)cc32)cc1. The van der Waals surface area contributed by atoms with E-state index in [1.54, 1.807) is 42.5 Å². The number of nitrogens with zero attached hydrogens (tertiary/aromatic N) is 2. The van der Waals surface area contributed by atoms with Gasteiger partial charge in [-0.15, -0.1) is 0 Å². The molecule has 7 nitrogen and oxygen atoms in total.